The number of hydrogen-bond donors (Lipinski definition) is 0. The second-order valence-corrected chi connectivity index (χ2v) is 11.9. The quantitative estimate of drug-likeness (QED) is 0.167. The molecule has 0 saturated carbocycles. The number of fused-ring (bicyclic) bond motifs is 8. The average Bonchev–Trinajstić information content (AvgIpc) is 3.76. The Hall–Kier alpha value is -4.27. The first kappa shape index (κ1) is 33.1. The Morgan fingerprint density at radius 1 is 0.978 bits per heavy atom. The molecule has 8 bridgehead atoms. The Morgan fingerprint density at radius 3 is 2.33 bits per heavy atom. The molecule has 0 fully saturated rings. The van der Waals surface area contributed by atoms with E-state index < -0.39 is 11.9 Å². The van der Waals surface area contributed by atoms with Crippen molar-refractivity contribution in [2.45, 2.75) is 71.6 Å². The molecule has 3 aromatic heterocycles. The first-order chi connectivity index (χ1) is 21.5. The smallest absolute Gasteiger partial charge is 0.657 e. The number of carbonyl (C=O) groups excluding carboxylic acids is 3. The first-order valence-corrected chi connectivity index (χ1v) is 15.2. The third kappa shape index (κ3) is 5.04. The number of nitrogens with zero attached hydrogens (tertiary/aromatic N) is 4. The topological polar surface area (TPSA) is 124 Å². The minimum Gasteiger partial charge on any atom is -0.657 e. The van der Waals surface area contributed by atoms with Crippen molar-refractivity contribution in [1.82, 2.24) is 19.9 Å². The van der Waals surface area contributed by atoms with Crippen LogP contribution in [0.25, 0.3) is 39.3 Å². The summed E-state index contributed by atoms with van der Waals surface area (Å²) in [6.07, 6.45) is 3.13. The summed E-state index contributed by atoms with van der Waals surface area (Å²) in [5, 5.41) is 0. The molecular weight excluding hydrogens is 623 g/mol. The van der Waals surface area contributed by atoms with E-state index >= 15 is 0 Å². The van der Waals surface area contributed by atoms with Gasteiger partial charge in [0.2, 0.25) is 0 Å². The maximum atomic E-state index is 14.0. The largest absolute Gasteiger partial charge is 2.00 e. The van der Waals surface area contributed by atoms with Crippen molar-refractivity contribution in [1.29, 1.82) is 0 Å². The van der Waals surface area contributed by atoms with Crippen molar-refractivity contribution in [2.75, 3.05) is 14.2 Å². The number of methoxy groups -OCH3 is 2. The molecule has 1 radical (unpaired) electrons. The Balaban J connectivity index is 0.00000417. The molecule has 3 aliphatic rings. The van der Waals surface area contributed by atoms with Crippen LogP contribution in [0.2, 0.25) is 0 Å². The van der Waals surface area contributed by atoms with E-state index in [0.29, 0.717) is 39.8 Å². The molecule has 3 atom stereocenters. The second-order valence-electron chi connectivity index (χ2n) is 11.9. The standard InChI is InChI=1S/C36H37N4O5.Mn/c1-9-20-16(3)23-13-25-18(5)22(11-12-29(41)44-7)33(39-25)31-32(36(43)45-8)35(42)30-19(6)26(40-34(30)31)15-28-21(10-2)17(4)24(38-28)14-27(20)37-23;/h9,13-15,18,22,32H,1,10-12H2,2-8H3,(H-,37,38,39,40,42);/q-1;+2/p-1. The normalized spacial score (nSPS) is 18.4. The van der Waals surface area contributed by atoms with Crippen molar-refractivity contribution in [3.8, 4) is 0 Å². The summed E-state index contributed by atoms with van der Waals surface area (Å²) in [6.45, 7) is 14.1. The molecule has 3 aromatic rings. The summed E-state index contributed by atoms with van der Waals surface area (Å²) in [5.41, 5.74) is 11.0. The number of Topliss-reactive ketones (excluding diaryl/α,β-unsaturated/α-hetero) is 1. The summed E-state index contributed by atoms with van der Waals surface area (Å²) in [7, 11) is 2.63. The minimum absolute atomic E-state index is 0. The van der Waals surface area contributed by atoms with Crippen LogP contribution in [-0.2, 0) is 36.1 Å². The maximum absolute atomic E-state index is 14.0. The summed E-state index contributed by atoms with van der Waals surface area (Å²) >= 11 is 0. The number of ketones is 1. The molecule has 0 spiro atoms. The van der Waals surface area contributed by atoms with Gasteiger partial charge in [0.15, 0.2) is 5.78 Å². The molecule has 0 amide bonds. The fourth-order valence-electron chi connectivity index (χ4n) is 7.02. The van der Waals surface area contributed by atoms with Gasteiger partial charge < -0.3 is 19.4 Å². The van der Waals surface area contributed by atoms with Gasteiger partial charge in [0.25, 0.3) is 0 Å². The zero-order valence-corrected chi connectivity index (χ0v) is 28.3. The van der Waals surface area contributed by atoms with Gasteiger partial charge in [-0.05, 0) is 55.9 Å². The van der Waals surface area contributed by atoms with Crippen LogP contribution in [0.3, 0.4) is 0 Å². The van der Waals surface area contributed by atoms with E-state index in [2.05, 4.69) is 20.4 Å². The molecule has 5 heterocycles. The summed E-state index contributed by atoms with van der Waals surface area (Å²) in [6, 6.07) is 5.87. The number of hydrogen-bond acceptors (Lipinski definition) is 7. The van der Waals surface area contributed by atoms with Crippen molar-refractivity contribution < 1.29 is 40.9 Å². The van der Waals surface area contributed by atoms with Crippen molar-refractivity contribution in [3.63, 3.8) is 0 Å². The number of ether oxygens (including phenoxy) is 2. The monoisotopic (exact) mass is 659 g/mol. The van der Waals surface area contributed by atoms with Crippen LogP contribution in [0.15, 0.2) is 24.8 Å². The molecule has 0 saturated heterocycles. The van der Waals surface area contributed by atoms with Gasteiger partial charge in [-0.25, -0.2) is 4.98 Å². The number of allylic oxidation sites excluding steroid dienone is 2. The Bertz CT molecular complexity index is 2020. The van der Waals surface area contributed by atoms with Crippen LogP contribution in [-0.4, -0.2) is 41.9 Å². The fourth-order valence-corrected chi connectivity index (χ4v) is 7.02. The Morgan fingerprint density at radius 2 is 1.67 bits per heavy atom. The molecule has 237 valence electrons. The van der Waals surface area contributed by atoms with Crippen LogP contribution in [0.4, 0.5) is 0 Å². The van der Waals surface area contributed by atoms with Crippen LogP contribution in [0.5, 0.6) is 0 Å². The van der Waals surface area contributed by atoms with Crippen LogP contribution in [0.1, 0.15) is 113 Å². The molecule has 0 aromatic carbocycles. The number of carbonyl (C=O) groups is 3. The number of aryl methyl sites for hydroxylation is 2. The number of rotatable bonds is 6. The van der Waals surface area contributed by atoms with Gasteiger partial charge in [0.05, 0.1) is 25.6 Å². The van der Waals surface area contributed by atoms with E-state index in [1.165, 1.54) is 14.2 Å². The van der Waals surface area contributed by atoms with Crippen LogP contribution >= 0.6 is 0 Å². The predicted molar refractivity (Wildman–Crippen MR) is 173 cm³/mol. The van der Waals surface area contributed by atoms with Gasteiger partial charge in [-0.1, -0.05) is 55.8 Å². The summed E-state index contributed by atoms with van der Waals surface area (Å²) < 4.78 is 10.1. The molecular formula is C36H36MnN4O5. The van der Waals surface area contributed by atoms with E-state index in [4.69, 9.17) is 29.4 Å². The van der Waals surface area contributed by atoms with E-state index in [9.17, 15) is 14.4 Å². The van der Waals surface area contributed by atoms with E-state index in [-0.39, 0.29) is 47.1 Å². The van der Waals surface area contributed by atoms with E-state index in [1.807, 2.05) is 45.0 Å². The average molecular weight is 660 g/mol. The molecule has 46 heavy (non-hydrogen) atoms. The Labute approximate surface area is 278 Å². The molecule has 2 aliphatic heterocycles. The summed E-state index contributed by atoms with van der Waals surface area (Å²) in [5.74, 6) is -3.01. The van der Waals surface area contributed by atoms with Crippen LogP contribution in [0, 0.1) is 13.8 Å². The minimum atomic E-state index is -1.20. The number of aromatic nitrogens is 4. The molecule has 6 rings (SSSR count). The van der Waals surface area contributed by atoms with E-state index in [1.54, 1.807) is 0 Å². The van der Waals surface area contributed by atoms with Crippen molar-refractivity contribution >= 4 is 57.0 Å². The molecule has 9 nitrogen and oxygen atoms in total. The van der Waals surface area contributed by atoms with Crippen molar-refractivity contribution in [3.05, 3.63) is 75.4 Å². The molecule has 0 N–H and O–H groups in total. The molecule has 3 unspecified atom stereocenters. The fraction of sp³-hybridized carbons (Fsp3) is 0.361. The number of esters is 2. The third-order valence-electron chi connectivity index (χ3n) is 9.63. The van der Waals surface area contributed by atoms with Gasteiger partial charge in [-0.15, -0.1) is 22.1 Å². The van der Waals surface area contributed by atoms with Gasteiger partial charge in [0, 0.05) is 35.2 Å². The maximum Gasteiger partial charge on any atom is 2.00 e. The van der Waals surface area contributed by atoms with E-state index in [0.717, 1.165) is 56.8 Å². The summed E-state index contributed by atoms with van der Waals surface area (Å²) in [4.78, 5) is 59.7. The molecule has 1 aliphatic carbocycles. The van der Waals surface area contributed by atoms with Crippen molar-refractivity contribution in [2.24, 2.45) is 0 Å². The SMILES string of the molecule is C=Cc1c(C)c2cc3nc(c4c5[n-]c(cc6nc(cc1[n-]2)C(C)=C6CC)c(C)c5C(=O)C4C(=O)OC)C(CCC(=O)OC)C3C.[Mn+2]. The van der Waals surface area contributed by atoms with Gasteiger partial charge in [0.1, 0.15) is 5.92 Å². The third-order valence-corrected chi connectivity index (χ3v) is 9.63. The van der Waals surface area contributed by atoms with Gasteiger partial charge in [-0.3, -0.25) is 19.4 Å². The van der Waals surface area contributed by atoms with Gasteiger partial charge in [-0.2, -0.15) is 0 Å². The zero-order chi connectivity index (χ0) is 32.3. The molecule has 10 heteroatoms. The second kappa shape index (κ2) is 12.5. The van der Waals surface area contributed by atoms with Gasteiger partial charge >= 0.3 is 29.0 Å². The zero-order valence-electron chi connectivity index (χ0n) is 27.1. The van der Waals surface area contributed by atoms with Crippen LogP contribution < -0.4 is 9.97 Å². The first-order valence-electron chi connectivity index (χ1n) is 15.2. The Kier molecular flexibility index (Phi) is 8.99. The predicted octanol–water partition coefficient (Wildman–Crippen LogP) is 6.46.